The van der Waals surface area contributed by atoms with Gasteiger partial charge in [0.2, 0.25) is 10.0 Å². The van der Waals surface area contributed by atoms with Gasteiger partial charge in [0.1, 0.15) is 11.6 Å². The molecule has 1 aromatic heterocycles. The quantitative estimate of drug-likeness (QED) is 0.661. The molecule has 1 saturated heterocycles. The summed E-state index contributed by atoms with van der Waals surface area (Å²) in [7, 11) is -3.77. The SMILES string of the molecule is C[C@H]1CN(S(=O)(=O)c2ccccc2-c2ccc(-c3cnc(N)cn3)c(F)c2)C[C@H]1N. The molecular formula is C21H22FN5O2S. The second-order valence-corrected chi connectivity index (χ2v) is 9.39. The van der Waals surface area contributed by atoms with Gasteiger partial charge in [-0.05, 0) is 29.7 Å². The van der Waals surface area contributed by atoms with Crippen LogP contribution in [0.15, 0.2) is 59.8 Å². The zero-order chi connectivity index (χ0) is 21.5. The molecule has 30 heavy (non-hydrogen) atoms. The van der Waals surface area contributed by atoms with Crippen molar-refractivity contribution in [1.29, 1.82) is 0 Å². The Hall–Kier alpha value is -2.88. The Kier molecular flexibility index (Phi) is 5.27. The molecule has 0 radical (unpaired) electrons. The van der Waals surface area contributed by atoms with Gasteiger partial charge >= 0.3 is 0 Å². The lowest BCUT2D eigenvalue weighted by Crippen LogP contribution is -2.32. The van der Waals surface area contributed by atoms with Gasteiger partial charge < -0.3 is 11.5 Å². The Morgan fingerprint density at radius 2 is 1.83 bits per heavy atom. The summed E-state index contributed by atoms with van der Waals surface area (Å²) in [6.45, 7) is 2.56. The van der Waals surface area contributed by atoms with Crippen LogP contribution in [0.2, 0.25) is 0 Å². The number of sulfonamides is 1. The van der Waals surface area contributed by atoms with Gasteiger partial charge in [0.05, 0.1) is 23.0 Å². The van der Waals surface area contributed by atoms with Crippen molar-refractivity contribution >= 4 is 15.8 Å². The molecule has 0 aliphatic carbocycles. The van der Waals surface area contributed by atoms with Crippen LogP contribution in [-0.4, -0.2) is 41.8 Å². The maximum absolute atomic E-state index is 14.9. The van der Waals surface area contributed by atoms with E-state index in [-0.39, 0.29) is 34.8 Å². The molecule has 1 aliphatic heterocycles. The van der Waals surface area contributed by atoms with Crippen molar-refractivity contribution in [3.63, 3.8) is 0 Å². The van der Waals surface area contributed by atoms with Crippen molar-refractivity contribution in [2.45, 2.75) is 17.9 Å². The minimum Gasteiger partial charge on any atom is -0.382 e. The number of nitrogens with two attached hydrogens (primary N) is 2. The molecule has 0 unspecified atom stereocenters. The van der Waals surface area contributed by atoms with E-state index in [4.69, 9.17) is 11.5 Å². The summed E-state index contributed by atoms with van der Waals surface area (Å²) in [4.78, 5) is 8.16. The van der Waals surface area contributed by atoms with Crippen LogP contribution < -0.4 is 11.5 Å². The van der Waals surface area contributed by atoms with Crippen molar-refractivity contribution < 1.29 is 12.8 Å². The van der Waals surface area contributed by atoms with Gasteiger partial charge in [-0.1, -0.05) is 31.2 Å². The van der Waals surface area contributed by atoms with Crippen LogP contribution in [0.5, 0.6) is 0 Å². The van der Waals surface area contributed by atoms with E-state index in [2.05, 4.69) is 9.97 Å². The first-order valence-corrected chi connectivity index (χ1v) is 10.9. The van der Waals surface area contributed by atoms with E-state index < -0.39 is 15.8 Å². The smallest absolute Gasteiger partial charge is 0.243 e. The predicted octanol–water partition coefficient (Wildman–Crippen LogP) is 2.50. The third-order valence-electron chi connectivity index (χ3n) is 5.37. The largest absolute Gasteiger partial charge is 0.382 e. The topological polar surface area (TPSA) is 115 Å². The number of nitrogen functional groups attached to an aromatic ring is 1. The molecule has 3 aromatic rings. The van der Waals surface area contributed by atoms with Crippen molar-refractivity contribution in [1.82, 2.24) is 14.3 Å². The highest BCUT2D eigenvalue weighted by Crippen LogP contribution is 2.33. The summed E-state index contributed by atoms with van der Waals surface area (Å²) in [5, 5.41) is 0. The monoisotopic (exact) mass is 427 g/mol. The molecule has 9 heteroatoms. The average molecular weight is 428 g/mol. The van der Waals surface area contributed by atoms with E-state index in [9.17, 15) is 12.8 Å². The highest BCUT2D eigenvalue weighted by molar-refractivity contribution is 7.89. The van der Waals surface area contributed by atoms with Crippen LogP contribution in [0.25, 0.3) is 22.4 Å². The fourth-order valence-electron chi connectivity index (χ4n) is 3.58. The number of halogens is 1. The highest BCUT2D eigenvalue weighted by Gasteiger charge is 2.36. The number of benzene rings is 2. The molecule has 1 aliphatic rings. The summed E-state index contributed by atoms with van der Waals surface area (Å²) in [5.74, 6) is -0.217. The van der Waals surface area contributed by atoms with E-state index in [0.29, 0.717) is 23.4 Å². The lowest BCUT2D eigenvalue weighted by Gasteiger charge is -2.19. The van der Waals surface area contributed by atoms with Crippen LogP contribution >= 0.6 is 0 Å². The molecule has 0 amide bonds. The molecule has 0 saturated carbocycles. The maximum atomic E-state index is 14.9. The van der Waals surface area contributed by atoms with Gasteiger partial charge in [-0.2, -0.15) is 4.31 Å². The van der Waals surface area contributed by atoms with E-state index in [1.807, 2.05) is 6.92 Å². The molecule has 0 bridgehead atoms. The van der Waals surface area contributed by atoms with Crippen LogP contribution in [0.1, 0.15) is 6.92 Å². The van der Waals surface area contributed by atoms with E-state index in [0.717, 1.165) is 0 Å². The first kappa shape index (κ1) is 20.4. The van der Waals surface area contributed by atoms with E-state index in [1.54, 1.807) is 30.3 Å². The minimum absolute atomic E-state index is 0.0738. The molecule has 4 N–H and O–H groups in total. The molecule has 156 valence electrons. The normalized spacial score (nSPS) is 19.8. The van der Waals surface area contributed by atoms with Crippen molar-refractivity contribution in [3.8, 4) is 22.4 Å². The van der Waals surface area contributed by atoms with Gasteiger partial charge in [-0.15, -0.1) is 0 Å². The first-order valence-electron chi connectivity index (χ1n) is 9.50. The molecule has 0 spiro atoms. The molecule has 2 aromatic carbocycles. The lowest BCUT2D eigenvalue weighted by atomic mass is 10.0. The maximum Gasteiger partial charge on any atom is 0.243 e. The van der Waals surface area contributed by atoms with Gasteiger partial charge in [0.25, 0.3) is 0 Å². The highest BCUT2D eigenvalue weighted by atomic mass is 32.2. The van der Waals surface area contributed by atoms with Gasteiger partial charge in [-0.3, -0.25) is 4.98 Å². The molecule has 4 rings (SSSR count). The summed E-state index contributed by atoms with van der Waals surface area (Å²) < 4.78 is 42.8. The Morgan fingerprint density at radius 1 is 1.07 bits per heavy atom. The number of nitrogens with zero attached hydrogens (tertiary/aromatic N) is 3. The third kappa shape index (κ3) is 3.67. The average Bonchev–Trinajstić information content (AvgIpc) is 3.08. The Bertz CT molecular complexity index is 1170. The van der Waals surface area contributed by atoms with Gasteiger partial charge in [0, 0.05) is 30.3 Å². The Labute approximate surface area is 174 Å². The van der Waals surface area contributed by atoms with Crippen molar-refractivity contribution in [2.75, 3.05) is 18.8 Å². The van der Waals surface area contributed by atoms with Crippen LogP contribution in [0.4, 0.5) is 10.2 Å². The summed E-state index contributed by atoms with van der Waals surface area (Å²) in [5.41, 5.74) is 13.0. The zero-order valence-corrected chi connectivity index (χ0v) is 17.2. The third-order valence-corrected chi connectivity index (χ3v) is 7.26. The second-order valence-electron chi connectivity index (χ2n) is 7.48. The van der Waals surface area contributed by atoms with E-state index >= 15 is 0 Å². The predicted molar refractivity (Wildman–Crippen MR) is 113 cm³/mol. The number of aromatic nitrogens is 2. The zero-order valence-electron chi connectivity index (χ0n) is 16.4. The number of hydrogen-bond donors (Lipinski definition) is 2. The standard InChI is InChI=1S/C21H22FN5O2S/c1-13-11-27(12-18(13)23)30(28,29)20-5-3-2-4-15(20)14-6-7-16(17(22)8-14)19-9-26-21(24)10-25-19/h2-10,13,18H,11-12,23H2,1H3,(H2,24,26)/t13-,18+/m0/s1. The van der Waals surface area contributed by atoms with Crippen LogP contribution in [0.3, 0.4) is 0 Å². The molecule has 2 heterocycles. The van der Waals surface area contributed by atoms with Gasteiger partial charge in [0.15, 0.2) is 0 Å². The van der Waals surface area contributed by atoms with Crippen molar-refractivity contribution in [3.05, 3.63) is 60.7 Å². The Morgan fingerprint density at radius 3 is 2.47 bits per heavy atom. The summed E-state index contributed by atoms with van der Waals surface area (Å²) in [6.07, 6.45) is 2.75. The van der Waals surface area contributed by atoms with Crippen molar-refractivity contribution in [2.24, 2.45) is 11.7 Å². The fourth-order valence-corrected chi connectivity index (χ4v) is 5.37. The fraction of sp³-hybridized carbons (Fsp3) is 0.238. The van der Waals surface area contributed by atoms with Crippen LogP contribution in [0, 0.1) is 11.7 Å². The number of hydrogen-bond acceptors (Lipinski definition) is 6. The first-order chi connectivity index (χ1) is 14.3. The summed E-state index contributed by atoms with van der Waals surface area (Å²) >= 11 is 0. The lowest BCUT2D eigenvalue weighted by molar-refractivity contribution is 0.464. The number of rotatable bonds is 4. The molecule has 7 nitrogen and oxygen atoms in total. The van der Waals surface area contributed by atoms with Gasteiger partial charge in [-0.25, -0.2) is 17.8 Å². The molecular weight excluding hydrogens is 405 g/mol. The van der Waals surface area contributed by atoms with E-state index in [1.165, 1.54) is 28.8 Å². The Balaban J connectivity index is 1.74. The number of anilines is 1. The molecule has 1 fully saturated rings. The van der Waals surface area contributed by atoms with Crippen LogP contribution in [-0.2, 0) is 10.0 Å². The second kappa shape index (κ2) is 7.75. The molecule has 2 atom stereocenters. The summed E-state index contributed by atoms with van der Waals surface area (Å²) in [6, 6.07) is 10.9. The minimum atomic E-state index is -3.77.